The van der Waals surface area contributed by atoms with Gasteiger partial charge in [0.15, 0.2) is 0 Å². The second kappa shape index (κ2) is 7.42. The lowest BCUT2D eigenvalue weighted by Gasteiger charge is -2.34. The van der Waals surface area contributed by atoms with Crippen molar-refractivity contribution in [1.82, 2.24) is 5.32 Å². The first-order chi connectivity index (χ1) is 9.65. The van der Waals surface area contributed by atoms with Gasteiger partial charge in [-0.2, -0.15) is 0 Å². The van der Waals surface area contributed by atoms with Crippen molar-refractivity contribution in [3.63, 3.8) is 0 Å². The molecule has 1 saturated carbocycles. The predicted molar refractivity (Wildman–Crippen MR) is 83.7 cm³/mol. The van der Waals surface area contributed by atoms with Crippen molar-refractivity contribution >= 4 is 11.6 Å². The summed E-state index contributed by atoms with van der Waals surface area (Å²) < 4.78 is 13.5. The van der Waals surface area contributed by atoms with E-state index in [1.807, 2.05) is 13.1 Å². The summed E-state index contributed by atoms with van der Waals surface area (Å²) in [4.78, 5) is 0. The van der Waals surface area contributed by atoms with Crippen molar-refractivity contribution in [2.45, 2.75) is 51.5 Å². The third-order valence-electron chi connectivity index (χ3n) is 4.81. The smallest absolute Gasteiger partial charge is 0.142 e. The lowest BCUT2D eigenvalue weighted by Crippen LogP contribution is -2.38. The molecule has 1 aromatic carbocycles. The Morgan fingerprint density at radius 1 is 1.40 bits per heavy atom. The minimum Gasteiger partial charge on any atom is -0.316 e. The molecule has 0 spiro atoms. The van der Waals surface area contributed by atoms with Gasteiger partial charge in [0.2, 0.25) is 0 Å². The van der Waals surface area contributed by atoms with E-state index in [0.29, 0.717) is 12.0 Å². The third-order valence-corrected chi connectivity index (χ3v) is 5.24. The summed E-state index contributed by atoms with van der Waals surface area (Å²) in [6.45, 7) is 2.28. The van der Waals surface area contributed by atoms with E-state index in [-0.39, 0.29) is 10.8 Å². The van der Waals surface area contributed by atoms with E-state index < -0.39 is 0 Å². The topological polar surface area (TPSA) is 12.0 Å². The van der Waals surface area contributed by atoms with Gasteiger partial charge in [-0.3, -0.25) is 0 Å². The van der Waals surface area contributed by atoms with Crippen LogP contribution in [0.25, 0.3) is 0 Å². The van der Waals surface area contributed by atoms with E-state index in [4.69, 9.17) is 11.6 Å². The van der Waals surface area contributed by atoms with Gasteiger partial charge in [-0.15, -0.1) is 0 Å². The molecule has 1 fully saturated rings. The van der Waals surface area contributed by atoms with Crippen LogP contribution < -0.4 is 5.32 Å². The van der Waals surface area contributed by atoms with E-state index in [1.165, 1.54) is 38.2 Å². The maximum atomic E-state index is 13.5. The molecule has 1 N–H and O–H groups in total. The zero-order valence-corrected chi connectivity index (χ0v) is 13.2. The van der Waals surface area contributed by atoms with E-state index in [0.717, 1.165) is 17.9 Å². The van der Waals surface area contributed by atoms with Crippen LogP contribution in [0.5, 0.6) is 0 Å². The molecule has 1 nitrogen and oxygen atoms in total. The zero-order chi connectivity index (χ0) is 14.5. The van der Waals surface area contributed by atoms with Crippen molar-refractivity contribution in [1.29, 1.82) is 0 Å². The van der Waals surface area contributed by atoms with Gasteiger partial charge in [0.05, 0.1) is 5.02 Å². The van der Waals surface area contributed by atoms with Gasteiger partial charge < -0.3 is 5.32 Å². The molecule has 3 heteroatoms. The summed E-state index contributed by atoms with van der Waals surface area (Å²) in [5, 5.41) is 3.72. The Bertz CT molecular complexity index is 435. The third kappa shape index (κ3) is 3.73. The standard InChI is InChI=1S/C17H25ClFN/c1-3-12-6-4-7-13(10-12)16(20-2)11-14-8-5-9-15(19)17(14)18/h5,8-9,12-13,16,20H,3-4,6-7,10-11H2,1-2H3. The van der Waals surface area contributed by atoms with E-state index in [1.54, 1.807) is 6.07 Å². The van der Waals surface area contributed by atoms with Crippen molar-refractivity contribution in [3.05, 3.63) is 34.6 Å². The van der Waals surface area contributed by atoms with Crippen LogP contribution in [0.15, 0.2) is 18.2 Å². The SMILES string of the molecule is CCC1CCCC(C(Cc2cccc(F)c2Cl)NC)C1. The van der Waals surface area contributed by atoms with Gasteiger partial charge >= 0.3 is 0 Å². The quantitative estimate of drug-likeness (QED) is 0.821. The molecule has 0 aromatic heterocycles. The molecule has 0 saturated heterocycles. The van der Waals surface area contributed by atoms with Gasteiger partial charge in [-0.05, 0) is 49.8 Å². The molecule has 3 atom stereocenters. The van der Waals surface area contributed by atoms with E-state index in [2.05, 4.69) is 12.2 Å². The second-order valence-corrected chi connectivity index (χ2v) is 6.39. The first-order valence-electron chi connectivity index (χ1n) is 7.75. The number of halogens is 2. The predicted octanol–water partition coefficient (Wildman–Crippen LogP) is 4.83. The summed E-state index contributed by atoms with van der Waals surface area (Å²) in [6, 6.07) is 5.51. The van der Waals surface area contributed by atoms with Crippen LogP contribution in [-0.4, -0.2) is 13.1 Å². The maximum Gasteiger partial charge on any atom is 0.142 e. The monoisotopic (exact) mass is 297 g/mol. The lowest BCUT2D eigenvalue weighted by molar-refractivity contribution is 0.212. The molecular weight excluding hydrogens is 273 g/mol. The number of hydrogen-bond donors (Lipinski definition) is 1. The lowest BCUT2D eigenvalue weighted by atomic mass is 9.75. The molecule has 3 unspecified atom stereocenters. The van der Waals surface area contributed by atoms with Crippen LogP contribution in [0.4, 0.5) is 4.39 Å². The molecule has 1 aliphatic carbocycles. The molecule has 1 aliphatic rings. The molecule has 112 valence electrons. The largest absolute Gasteiger partial charge is 0.316 e. The van der Waals surface area contributed by atoms with Crippen molar-refractivity contribution in [2.75, 3.05) is 7.05 Å². The Morgan fingerprint density at radius 2 is 2.20 bits per heavy atom. The van der Waals surface area contributed by atoms with Crippen LogP contribution in [0.3, 0.4) is 0 Å². The van der Waals surface area contributed by atoms with Crippen LogP contribution in [0.2, 0.25) is 5.02 Å². The number of benzene rings is 1. The minimum absolute atomic E-state index is 0.288. The van der Waals surface area contributed by atoms with Gasteiger partial charge in [-0.25, -0.2) is 4.39 Å². The highest BCUT2D eigenvalue weighted by atomic mass is 35.5. The Kier molecular flexibility index (Phi) is 5.86. The first kappa shape index (κ1) is 15.8. The van der Waals surface area contributed by atoms with Gasteiger partial charge in [-0.1, -0.05) is 49.9 Å². The van der Waals surface area contributed by atoms with E-state index in [9.17, 15) is 4.39 Å². The summed E-state index contributed by atoms with van der Waals surface area (Å²) >= 11 is 6.09. The zero-order valence-electron chi connectivity index (χ0n) is 12.5. The Balaban J connectivity index is 2.06. The molecule has 2 rings (SSSR count). The maximum absolute atomic E-state index is 13.5. The Hall–Kier alpha value is -0.600. The fourth-order valence-corrected chi connectivity index (χ4v) is 3.72. The van der Waals surface area contributed by atoms with Crippen molar-refractivity contribution in [2.24, 2.45) is 11.8 Å². The summed E-state index contributed by atoms with van der Waals surface area (Å²) in [6.07, 6.45) is 7.33. The Labute approximate surface area is 126 Å². The average molecular weight is 298 g/mol. The molecule has 0 bridgehead atoms. The summed E-state index contributed by atoms with van der Waals surface area (Å²) in [5.41, 5.74) is 0.921. The fraction of sp³-hybridized carbons (Fsp3) is 0.647. The molecular formula is C17H25ClFN. The normalized spacial score (nSPS) is 24.6. The molecule has 0 amide bonds. The average Bonchev–Trinajstić information content (AvgIpc) is 2.49. The highest BCUT2D eigenvalue weighted by Crippen LogP contribution is 2.34. The summed E-state index contributed by atoms with van der Waals surface area (Å²) in [7, 11) is 2.01. The van der Waals surface area contributed by atoms with Crippen LogP contribution in [0, 0.1) is 17.7 Å². The molecule has 20 heavy (non-hydrogen) atoms. The van der Waals surface area contributed by atoms with Gasteiger partial charge in [0.1, 0.15) is 5.82 Å². The Morgan fingerprint density at radius 3 is 2.90 bits per heavy atom. The van der Waals surface area contributed by atoms with Crippen LogP contribution in [0.1, 0.15) is 44.6 Å². The van der Waals surface area contributed by atoms with E-state index >= 15 is 0 Å². The highest BCUT2D eigenvalue weighted by Gasteiger charge is 2.27. The van der Waals surface area contributed by atoms with Crippen LogP contribution in [-0.2, 0) is 6.42 Å². The molecule has 0 aliphatic heterocycles. The number of nitrogens with one attached hydrogen (secondary N) is 1. The van der Waals surface area contributed by atoms with Crippen molar-refractivity contribution < 1.29 is 4.39 Å². The summed E-state index contributed by atoms with van der Waals surface area (Å²) in [5.74, 6) is 1.22. The van der Waals surface area contributed by atoms with Gasteiger partial charge in [0, 0.05) is 6.04 Å². The first-order valence-corrected chi connectivity index (χ1v) is 8.13. The highest BCUT2D eigenvalue weighted by molar-refractivity contribution is 6.31. The number of likely N-dealkylation sites (N-methyl/N-ethyl adjacent to an activating group) is 1. The van der Waals surface area contributed by atoms with Gasteiger partial charge in [0.25, 0.3) is 0 Å². The van der Waals surface area contributed by atoms with Crippen LogP contribution >= 0.6 is 11.6 Å². The van der Waals surface area contributed by atoms with Crippen molar-refractivity contribution in [3.8, 4) is 0 Å². The minimum atomic E-state index is -0.311. The molecule has 0 radical (unpaired) electrons. The molecule has 0 heterocycles. The molecule has 1 aromatic rings. The number of rotatable bonds is 5. The second-order valence-electron chi connectivity index (χ2n) is 6.01. The number of hydrogen-bond acceptors (Lipinski definition) is 1. The fourth-order valence-electron chi connectivity index (χ4n) is 3.52.